The van der Waals surface area contributed by atoms with E-state index < -0.39 is 23.6 Å². The first-order valence-corrected chi connectivity index (χ1v) is 10.4. The Morgan fingerprint density at radius 3 is 2.39 bits per heavy atom. The van der Waals surface area contributed by atoms with E-state index in [0.29, 0.717) is 11.5 Å². The van der Waals surface area contributed by atoms with Crippen molar-refractivity contribution in [3.63, 3.8) is 0 Å². The predicted molar refractivity (Wildman–Crippen MR) is 119 cm³/mol. The van der Waals surface area contributed by atoms with Gasteiger partial charge in [0.2, 0.25) is 5.95 Å². The molecule has 1 saturated carbocycles. The lowest BCUT2D eigenvalue weighted by Crippen LogP contribution is -2.46. The summed E-state index contributed by atoms with van der Waals surface area (Å²) in [4.78, 5) is 24.6. The van der Waals surface area contributed by atoms with Gasteiger partial charge in [-0.15, -0.1) is 0 Å². The number of nitrogens with one attached hydrogen (secondary N) is 1. The standard InChI is InChI=1S/C24H20F2N6O/c1-31-18-12-28-23(29-15-8-6-14(7-9-15)24(13-27)10-11-24)30-21(18)32(2)20(22(31)33)19-16(25)4-3-5-17(19)26/h3-9,12,20H,10-11H2,1-2H3,(H,28,29,30). The van der Waals surface area contributed by atoms with Crippen molar-refractivity contribution in [2.75, 3.05) is 29.2 Å². The highest BCUT2D eigenvalue weighted by Crippen LogP contribution is 2.47. The van der Waals surface area contributed by atoms with E-state index in [1.54, 1.807) is 7.05 Å². The number of nitriles is 1. The molecular weight excluding hydrogens is 426 g/mol. The van der Waals surface area contributed by atoms with E-state index in [1.807, 2.05) is 24.3 Å². The molecule has 2 aromatic carbocycles. The van der Waals surface area contributed by atoms with Gasteiger partial charge in [-0.3, -0.25) is 4.79 Å². The third-order valence-electron chi connectivity index (χ3n) is 6.33. The highest BCUT2D eigenvalue weighted by Gasteiger charge is 2.44. The zero-order valence-corrected chi connectivity index (χ0v) is 18.0. The summed E-state index contributed by atoms with van der Waals surface area (Å²) in [7, 11) is 3.10. The lowest BCUT2D eigenvalue weighted by atomic mass is 9.98. The van der Waals surface area contributed by atoms with Crippen LogP contribution in [0.4, 0.5) is 31.9 Å². The van der Waals surface area contributed by atoms with Crippen LogP contribution >= 0.6 is 0 Å². The van der Waals surface area contributed by atoms with E-state index in [-0.39, 0.29) is 16.9 Å². The summed E-state index contributed by atoms with van der Waals surface area (Å²) >= 11 is 0. The normalized spacial score (nSPS) is 18.5. The van der Waals surface area contributed by atoms with Gasteiger partial charge in [0.15, 0.2) is 5.82 Å². The van der Waals surface area contributed by atoms with Crippen molar-refractivity contribution in [3.05, 3.63) is 71.4 Å². The van der Waals surface area contributed by atoms with Crippen LogP contribution in [0.1, 0.15) is 30.0 Å². The monoisotopic (exact) mass is 446 g/mol. The smallest absolute Gasteiger partial charge is 0.254 e. The lowest BCUT2D eigenvalue weighted by Gasteiger charge is -2.38. The van der Waals surface area contributed by atoms with Gasteiger partial charge in [-0.1, -0.05) is 18.2 Å². The van der Waals surface area contributed by atoms with Gasteiger partial charge in [0.05, 0.1) is 23.2 Å². The maximum atomic E-state index is 14.5. The van der Waals surface area contributed by atoms with Gasteiger partial charge in [0.25, 0.3) is 5.91 Å². The van der Waals surface area contributed by atoms with E-state index in [0.717, 1.165) is 36.2 Å². The van der Waals surface area contributed by atoms with Gasteiger partial charge in [-0.25, -0.2) is 13.8 Å². The number of aromatic nitrogens is 2. The van der Waals surface area contributed by atoms with Crippen LogP contribution in [0.25, 0.3) is 0 Å². The van der Waals surface area contributed by atoms with E-state index >= 15 is 0 Å². The molecule has 2 aliphatic rings. The summed E-state index contributed by atoms with van der Waals surface area (Å²) < 4.78 is 29.0. The number of amides is 1. The SMILES string of the molecule is CN1C(=O)C(c2c(F)cccc2F)N(C)c2nc(Nc3ccc(C4(C#N)CC4)cc3)ncc21. The van der Waals surface area contributed by atoms with E-state index in [9.17, 15) is 18.8 Å². The zero-order valence-electron chi connectivity index (χ0n) is 18.0. The first-order valence-electron chi connectivity index (χ1n) is 10.4. The van der Waals surface area contributed by atoms with Crippen LogP contribution in [-0.4, -0.2) is 30.0 Å². The van der Waals surface area contributed by atoms with Crippen LogP contribution in [0, 0.1) is 23.0 Å². The second-order valence-electron chi connectivity index (χ2n) is 8.34. The molecular formula is C24H20F2N6O. The zero-order chi connectivity index (χ0) is 23.3. The minimum absolute atomic E-state index is 0.269. The Kier molecular flexibility index (Phi) is 4.74. The first kappa shape index (κ1) is 20.8. The fourth-order valence-corrected chi connectivity index (χ4v) is 4.19. The van der Waals surface area contributed by atoms with E-state index in [1.165, 1.54) is 29.1 Å². The molecule has 0 spiro atoms. The number of anilines is 4. The molecule has 1 unspecified atom stereocenters. The molecule has 0 bridgehead atoms. The fraction of sp³-hybridized carbons (Fsp3) is 0.250. The quantitative estimate of drug-likeness (QED) is 0.646. The summed E-state index contributed by atoms with van der Waals surface area (Å²) in [6.45, 7) is 0. The maximum absolute atomic E-state index is 14.5. The van der Waals surface area contributed by atoms with Gasteiger partial charge in [0, 0.05) is 19.8 Å². The number of nitrogens with zero attached hydrogens (tertiary/aromatic N) is 5. The third-order valence-corrected chi connectivity index (χ3v) is 6.33. The van der Waals surface area contributed by atoms with Crippen molar-refractivity contribution in [1.29, 1.82) is 5.26 Å². The Hall–Kier alpha value is -4.06. The Morgan fingerprint density at radius 2 is 1.79 bits per heavy atom. The van der Waals surface area contributed by atoms with Crippen LogP contribution in [0.5, 0.6) is 0 Å². The molecule has 5 rings (SSSR count). The van der Waals surface area contributed by atoms with Crippen LogP contribution in [0.3, 0.4) is 0 Å². The van der Waals surface area contributed by atoms with Gasteiger partial charge < -0.3 is 15.1 Å². The maximum Gasteiger partial charge on any atom is 0.254 e. The Balaban J connectivity index is 1.46. The first-order chi connectivity index (χ1) is 15.8. The summed E-state index contributed by atoms with van der Waals surface area (Å²) in [6, 6.07) is 12.2. The Bertz CT molecular complexity index is 1280. The molecule has 0 saturated heterocycles. The van der Waals surface area contributed by atoms with Crippen molar-refractivity contribution in [1.82, 2.24) is 9.97 Å². The molecule has 1 aromatic heterocycles. The molecule has 2 heterocycles. The van der Waals surface area contributed by atoms with Crippen molar-refractivity contribution < 1.29 is 13.6 Å². The molecule has 7 nitrogen and oxygen atoms in total. The number of hydrogen-bond acceptors (Lipinski definition) is 6. The molecule has 1 fully saturated rings. The molecule has 1 atom stereocenters. The number of halogens is 2. The molecule has 0 radical (unpaired) electrons. The van der Waals surface area contributed by atoms with Crippen molar-refractivity contribution in [2.24, 2.45) is 0 Å². The van der Waals surface area contributed by atoms with Crippen LogP contribution < -0.4 is 15.1 Å². The minimum Gasteiger partial charge on any atom is -0.342 e. The largest absolute Gasteiger partial charge is 0.342 e. The van der Waals surface area contributed by atoms with Crippen molar-refractivity contribution in [3.8, 4) is 6.07 Å². The predicted octanol–water partition coefficient (Wildman–Crippen LogP) is 4.21. The summed E-state index contributed by atoms with van der Waals surface area (Å²) in [6.07, 6.45) is 3.23. The van der Waals surface area contributed by atoms with Gasteiger partial charge in [-0.05, 0) is 42.7 Å². The highest BCUT2D eigenvalue weighted by atomic mass is 19.1. The van der Waals surface area contributed by atoms with Crippen LogP contribution in [0.15, 0.2) is 48.7 Å². The van der Waals surface area contributed by atoms with E-state index in [2.05, 4.69) is 21.4 Å². The number of hydrogen-bond donors (Lipinski definition) is 1. The van der Waals surface area contributed by atoms with Crippen LogP contribution in [-0.2, 0) is 10.2 Å². The number of carbonyl (C=O) groups is 1. The molecule has 1 N–H and O–H groups in total. The summed E-state index contributed by atoms with van der Waals surface area (Å²) in [5.41, 5.74) is 1.46. The van der Waals surface area contributed by atoms with Gasteiger partial charge >= 0.3 is 0 Å². The number of benzene rings is 2. The number of carbonyl (C=O) groups excluding carboxylic acids is 1. The summed E-state index contributed by atoms with van der Waals surface area (Å²) in [5, 5.41) is 12.5. The minimum atomic E-state index is -1.20. The molecule has 1 aliphatic heterocycles. The average Bonchev–Trinajstić information content (AvgIpc) is 3.61. The lowest BCUT2D eigenvalue weighted by molar-refractivity contribution is -0.120. The van der Waals surface area contributed by atoms with Crippen LogP contribution in [0.2, 0.25) is 0 Å². The molecule has 1 amide bonds. The van der Waals surface area contributed by atoms with Crippen molar-refractivity contribution >= 4 is 29.0 Å². The Labute approximate surface area is 189 Å². The second-order valence-corrected chi connectivity index (χ2v) is 8.34. The molecule has 166 valence electrons. The Morgan fingerprint density at radius 1 is 1.12 bits per heavy atom. The fourth-order valence-electron chi connectivity index (χ4n) is 4.19. The second kappa shape index (κ2) is 7.52. The molecule has 33 heavy (non-hydrogen) atoms. The molecule has 1 aliphatic carbocycles. The van der Waals surface area contributed by atoms with Gasteiger partial charge in [-0.2, -0.15) is 10.2 Å². The highest BCUT2D eigenvalue weighted by molar-refractivity contribution is 6.04. The van der Waals surface area contributed by atoms with Crippen molar-refractivity contribution in [2.45, 2.75) is 24.3 Å². The molecule has 3 aromatic rings. The average molecular weight is 446 g/mol. The van der Waals surface area contributed by atoms with Gasteiger partial charge in [0.1, 0.15) is 23.4 Å². The molecule has 9 heteroatoms. The van der Waals surface area contributed by atoms with E-state index in [4.69, 9.17) is 0 Å². The number of rotatable bonds is 4. The number of likely N-dealkylation sites (N-methyl/N-ethyl adjacent to an activating group) is 2. The third kappa shape index (κ3) is 3.35. The summed E-state index contributed by atoms with van der Waals surface area (Å²) in [5.74, 6) is -1.45. The topological polar surface area (TPSA) is 85.2 Å². The number of fused-ring (bicyclic) bond motifs is 1.